The number of aromatic nitrogens is 1. The van der Waals surface area contributed by atoms with E-state index >= 15 is 0 Å². The zero-order chi connectivity index (χ0) is 27.4. The molecule has 14 heteroatoms. The Balaban J connectivity index is 2.03. The molecule has 3 aromatic rings. The first kappa shape index (κ1) is 28.7. The van der Waals surface area contributed by atoms with Gasteiger partial charge in [0.25, 0.3) is 5.91 Å². The monoisotopic (exact) mass is 568 g/mol. The van der Waals surface area contributed by atoms with Crippen LogP contribution in [0.4, 0.5) is 0 Å². The van der Waals surface area contributed by atoms with Crippen molar-refractivity contribution in [3.05, 3.63) is 52.8 Å². The summed E-state index contributed by atoms with van der Waals surface area (Å²) >= 11 is 1.06. The van der Waals surface area contributed by atoms with Gasteiger partial charge >= 0.3 is 5.97 Å². The fraction of sp³-hybridized carbons (Fsp3) is 0.348. The molecule has 0 aliphatic carbocycles. The minimum absolute atomic E-state index is 0.00982. The van der Waals surface area contributed by atoms with Crippen LogP contribution >= 0.6 is 11.3 Å². The zero-order valence-electron chi connectivity index (χ0n) is 20.6. The SMILES string of the molecule is CCOC(=O)CCn1c(=NC(=O)c2ccc(S(=O)(=O)N(CC)CC)cc2)sc2cc(S(N)(=O)=O)ccc21. The van der Waals surface area contributed by atoms with E-state index in [0.717, 1.165) is 11.3 Å². The number of ether oxygens (including phenoxy) is 1. The molecule has 200 valence electrons. The highest BCUT2D eigenvalue weighted by Crippen LogP contribution is 2.22. The predicted molar refractivity (Wildman–Crippen MR) is 139 cm³/mol. The van der Waals surface area contributed by atoms with E-state index in [-0.39, 0.29) is 39.7 Å². The van der Waals surface area contributed by atoms with E-state index in [4.69, 9.17) is 9.88 Å². The molecule has 0 saturated carbocycles. The van der Waals surface area contributed by atoms with Crippen LogP contribution in [0.5, 0.6) is 0 Å². The Morgan fingerprint density at radius 1 is 1.00 bits per heavy atom. The van der Waals surface area contributed by atoms with Gasteiger partial charge in [-0.15, -0.1) is 0 Å². The van der Waals surface area contributed by atoms with Crippen molar-refractivity contribution >= 4 is 53.5 Å². The Labute approximate surface area is 219 Å². The van der Waals surface area contributed by atoms with Crippen molar-refractivity contribution in [2.24, 2.45) is 10.1 Å². The number of hydrogen-bond acceptors (Lipinski definition) is 8. The fourth-order valence-electron chi connectivity index (χ4n) is 3.60. The predicted octanol–water partition coefficient (Wildman–Crippen LogP) is 2.08. The number of fused-ring (bicyclic) bond motifs is 1. The van der Waals surface area contributed by atoms with Crippen molar-refractivity contribution in [2.45, 2.75) is 43.5 Å². The zero-order valence-corrected chi connectivity index (χ0v) is 23.0. The highest BCUT2D eigenvalue weighted by molar-refractivity contribution is 7.89. The first-order chi connectivity index (χ1) is 17.4. The molecule has 2 aromatic carbocycles. The lowest BCUT2D eigenvalue weighted by molar-refractivity contribution is -0.143. The van der Waals surface area contributed by atoms with Crippen LogP contribution < -0.4 is 9.94 Å². The number of esters is 1. The Kier molecular flexibility index (Phi) is 9.02. The first-order valence-electron chi connectivity index (χ1n) is 11.4. The maximum Gasteiger partial charge on any atom is 0.307 e. The third kappa shape index (κ3) is 6.51. The third-order valence-corrected chi connectivity index (χ3v) is 9.49. The number of nitrogens with two attached hydrogens (primary N) is 1. The van der Waals surface area contributed by atoms with Gasteiger partial charge in [-0.3, -0.25) is 9.59 Å². The summed E-state index contributed by atoms with van der Waals surface area (Å²) in [5.41, 5.74) is 0.729. The van der Waals surface area contributed by atoms with Gasteiger partial charge in [0.2, 0.25) is 20.0 Å². The van der Waals surface area contributed by atoms with Crippen molar-refractivity contribution in [1.29, 1.82) is 0 Å². The topological polar surface area (TPSA) is 158 Å². The fourth-order valence-corrected chi connectivity index (χ4v) is 6.77. The van der Waals surface area contributed by atoms with Gasteiger partial charge in [-0.05, 0) is 49.4 Å². The van der Waals surface area contributed by atoms with E-state index in [1.807, 2.05) is 0 Å². The number of nitrogens with zero attached hydrogens (tertiary/aromatic N) is 3. The number of carbonyl (C=O) groups excluding carboxylic acids is 2. The summed E-state index contributed by atoms with van der Waals surface area (Å²) in [6.45, 7) is 6.18. The maximum atomic E-state index is 13.0. The number of hydrogen-bond donors (Lipinski definition) is 1. The van der Waals surface area contributed by atoms with Crippen LogP contribution in [0.2, 0.25) is 0 Å². The molecule has 0 aliphatic rings. The van der Waals surface area contributed by atoms with E-state index in [1.54, 1.807) is 25.3 Å². The molecule has 1 heterocycles. The Bertz CT molecular complexity index is 1590. The van der Waals surface area contributed by atoms with Gasteiger partial charge in [-0.2, -0.15) is 9.30 Å². The van der Waals surface area contributed by atoms with Crippen LogP contribution in [0.25, 0.3) is 10.2 Å². The van der Waals surface area contributed by atoms with Gasteiger partial charge in [0.1, 0.15) is 0 Å². The Hall–Kier alpha value is -2.91. The number of primary sulfonamides is 1. The van der Waals surface area contributed by atoms with Gasteiger partial charge in [0, 0.05) is 25.2 Å². The van der Waals surface area contributed by atoms with Crippen LogP contribution in [0.3, 0.4) is 0 Å². The van der Waals surface area contributed by atoms with Crippen molar-refractivity contribution in [2.75, 3.05) is 19.7 Å². The summed E-state index contributed by atoms with van der Waals surface area (Å²) in [5.74, 6) is -1.06. The van der Waals surface area contributed by atoms with Gasteiger partial charge in [-0.25, -0.2) is 22.0 Å². The number of benzene rings is 2. The van der Waals surface area contributed by atoms with Crippen LogP contribution in [0.15, 0.2) is 57.2 Å². The van der Waals surface area contributed by atoms with E-state index < -0.39 is 31.9 Å². The number of carbonyl (C=O) groups is 2. The van der Waals surface area contributed by atoms with Crippen LogP contribution in [-0.4, -0.2) is 57.3 Å². The molecule has 0 bridgehead atoms. The highest BCUT2D eigenvalue weighted by atomic mass is 32.2. The first-order valence-corrected chi connectivity index (χ1v) is 15.2. The molecule has 11 nitrogen and oxygen atoms in total. The molecule has 0 radical (unpaired) electrons. The molecule has 3 rings (SSSR count). The molecule has 2 N–H and O–H groups in total. The summed E-state index contributed by atoms with van der Waals surface area (Å²) in [5, 5.41) is 5.25. The van der Waals surface area contributed by atoms with E-state index in [0.29, 0.717) is 23.3 Å². The van der Waals surface area contributed by atoms with Gasteiger partial charge in [0.05, 0.1) is 33.0 Å². The van der Waals surface area contributed by atoms with Crippen molar-refractivity contribution < 1.29 is 31.2 Å². The van der Waals surface area contributed by atoms with E-state index in [2.05, 4.69) is 4.99 Å². The standard InChI is InChI=1S/C23H28N4O7S3/c1-4-26(5-2)37(32,33)17-9-7-16(8-10-17)22(29)25-23-27(14-13-21(28)34-6-3)19-12-11-18(36(24,30)31)15-20(19)35-23/h7-12,15H,4-6,13-14H2,1-3H3,(H2,24,30,31). The molecule has 0 atom stereocenters. The summed E-state index contributed by atoms with van der Waals surface area (Å²) in [4.78, 5) is 29.3. The molecule has 0 fully saturated rings. The maximum absolute atomic E-state index is 13.0. The normalized spacial score (nSPS) is 12.8. The number of rotatable bonds is 10. The second kappa shape index (κ2) is 11.6. The van der Waals surface area contributed by atoms with Gasteiger partial charge in [-0.1, -0.05) is 25.2 Å². The number of aryl methyl sites for hydroxylation is 1. The molecule has 0 aliphatic heterocycles. The third-order valence-electron chi connectivity index (χ3n) is 5.47. The average molecular weight is 569 g/mol. The summed E-state index contributed by atoms with van der Waals surface area (Å²) in [6, 6.07) is 9.74. The molecule has 37 heavy (non-hydrogen) atoms. The lowest BCUT2D eigenvalue weighted by Crippen LogP contribution is -2.30. The summed E-state index contributed by atoms with van der Waals surface area (Å²) < 4.78 is 57.4. The quantitative estimate of drug-likeness (QED) is 0.367. The van der Waals surface area contributed by atoms with Crippen LogP contribution in [-0.2, 0) is 36.1 Å². The number of sulfonamides is 2. The lowest BCUT2D eigenvalue weighted by atomic mass is 10.2. The number of thiazole rings is 1. The smallest absolute Gasteiger partial charge is 0.307 e. The van der Waals surface area contributed by atoms with E-state index in [9.17, 15) is 26.4 Å². The minimum Gasteiger partial charge on any atom is -0.466 e. The molecule has 0 unspecified atom stereocenters. The van der Waals surface area contributed by atoms with Gasteiger partial charge in [0.15, 0.2) is 4.80 Å². The van der Waals surface area contributed by atoms with E-state index in [1.165, 1.54) is 46.8 Å². The van der Waals surface area contributed by atoms with Crippen LogP contribution in [0, 0.1) is 0 Å². The second-order valence-electron chi connectivity index (χ2n) is 7.80. The highest BCUT2D eigenvalue weighted by Gasteiger charge is 2.22. The Morgan fingerprint density at radius 3 is 2.19 bits per heavy atom. The van der Waals surface area contributed by atoms with Crippen LogP contribution in [0.1, 0.15) is 37.6 Å². The largest absolute Gasteiger partial charge is 0.466 e. The molecular weight excluding hydrogens is 540 g/mol. The van der Waals surface area contributed by atoms with Gasteiger partial charge < -0.3 is 9.30 Å². The minimum atomic E-state index is -3.95. The van der Waals surface area contributed by atoms with Crippen molar-refractivity contribution in [3.63, 3.8) is 0 Å². The molecular formula is C23H28N4O7S3. The second-order valence-corrected chi connectivity index (χ2v) is 12.3. The molecule has 0 saturated heterocycles. The van der Waals surface area contributed by atoms with Crippen molar-refractivity contribution in [1.82, 2.24) is 8.87 Å². The molecule has 1 amide bonds. The summed E-state index contributed by atoms with van der Waals surface area (Å²) in [7, 11) is -7.63. The molecule has 0 spiro atoms. The lowest BCUT2D eigenvalue weighted by Gasteiger charge is -2.18. The number of amides is 1. The average Bonchev–Trinajstić information content (AvgIpc) is 3.19. The van der Waals surface area contributed by atoms with Crippen molar-refractivity contribution in [3.8, 4) is 0 Å². The Morgan fingerprint density at radius 2 is 1.62 bits per heavy atom. The summed E-state index contributed by atoms with van der Waals surface area (Å²) in [6.07, 6.45) is 0.00982. The molecule has 1 aromatic heterocycles.